The van der Waals surface area contributed by atoms with Gasteiger partial charge in [0.25, 0.3) is 11.4 Å². The van der Waals surface area contributed by atoms with Crippen molar-refractivity contribution < 1.29 is 44.0 Å². The Labute approximate surface area is 125 Å². The number of aliphatic hydroxyl groups excluding tert-OH is 2. The van der Waals surface area contributed by atoms with E-state index in [2.05, 4.69) is 4.74 Å². The molecular formula is C13H18O9. The summed E-state index contributed by atoms with van der Waals surface area (Å²) >= 11 is 0. The fourth-order valence-corrected chi connectivity index (χ4v) is 2.11. The molecule has 0 spiro atoms. The lowest BCUT2D eigenvalue weighted by molar-refractivity contribution is -0.218. The first kappa shape index (κ1) is 20.0. The second-order valence-corrected chi connectivity index (χ2v) is 4.74. The van der Waals surface area contributed by atoms with Crippen molar-refractivity contribution in [3.8, 4) is 0 Å². The Morgan fingerprint density at radius 3 is 1.68 bits per heavy atom. The third kappa shape index (κ3) is 2.96. The van der Waals surface area contributed by atoms with Crippen molar-refractivity contribution in [3.05, 3.63) is 0 Å². The summed E-state index contributed by atoms with van der Waals surface area (Å²) in [6, 6.07) is 0. The van der Waals surface area contributed by atoms with Crippen molar-refractivity contribution in [2.45, 2.75) is 45.0 Å². The van der Waals surface area contributed by atoms with Crippen LogP contribution < -0.4 is 0 Å². The smallest absolute Gasteiger partial charge is 0.304 e. The van der Waals surface area contributed by atoms with Gasteiger partial charge in [0.2, 0.25) is 5.60 Å². The molecule has 0 amide bonds. The summed E-state index contributed by atoms with van der Waals surface area (Å²) in [5.41, 5.74) is -6.60. The van der Waals surface area contributed by atoms with E-state index in [1.54, 1.807) is 0 Å². The zero-order valence-electron chi connectivity index (χ0n) is 12.6. The highest BCUT2D eigenvalue weighted by Gasteiger charge is 2.69. The Kier molecular flexibility index (Phi) is 6.25. The molecule has 0 bridgehead atoms. The molecule has 0 aliphatic heterocycles. The molecule has 0 heterocycles. The van der Waals surface area contributed by atoms with E-state index in [9.17, 15) is 34.2 Å². The number of aliphatic hydroxyl groups is 3. The molecule has 3 N–H and O–H groups in total. The second-order valence-electron chi connectivity index (χ2n) is 4.74. The Morgan fingerprint density at radius 2 is 1.45 bits per heavy atom. The van der Waals surface area contributed by atoms with Gasteiger partial charge in [-0.2, -0.15) is 0 Å². The van der Waals surface area contributed by atoms with Gasteiger partial charge in [-0.05, 0) is 13.8 Å². The van der Waals surface area contributed by atoms with Crippen LogP contribution in [0.25, 0.3) is 0 Å². The van der Waals surface area contributed by atoms with Gasteiger partial charge in [-0.1, -0.05) is 0 Å². The van der Waals surface area contributed by atoms with Gasteiger partial charge in [0, 0.05) is 13.8 Å². The molecule has 0 aromatic heterocycles. The van der Waals surface area contributed by atoms with Crippen LogP contribution in [0, 0.1) is 0 Å². The van der Waals surface area contributed by atoms with Crippen molar-refractivity contribution in [2.24, 2.45) is 0 Å². The van der Waals surface area contributed by atoms with E-state index in [0.29, 0.717) is 13.8 Å². The molecule has 9 nitrogen and oxygen atoms in total. The molecule has 124 valence electrons. The van der Waals surface area contributed by atoms with Gasteiger partial charge in [-0.15, -0.1) is 0 Å². The normalized spacial score (nSPS) is 17.6. The summed E-state index contributed by atoms with van der Waals surface area (Å²) in [7, 11) is 0. The Morgan fingerprint density at radius 1 is 1.00 bits per heavy atom. The number of hydrogen-bond donors (Lipinski definition) is 3. The van der Waals surface area contributed by atoms with Gasteiger partial charge < -0.3 is 20.1 Å². The topological polar surface area (TPSA) is 155 Å². The lowest BCUT2D eigenvalue weighted by Crippen LogP contribution is -2.74. The van der Waals surface area contributed by atoms with Gasteiger partial charge in [-0.3, -0.25) is 24.0 Å². The van der Waals surface area contributed by atoms with Crippen LogP contribution >= 0.6 is 0 Å². The van der Waals surface area contributed by atoms with Gasteiger partial charge in [0.15, 0.2) is 17.3 Å². The predicted molar refractivity (Wildman–Crippen MR) is 69.6 cm³/mol. The van der Waals surface area contributed by atoms with E-state index in [0.717, 1.165) is 13.8 Å². The number of carbonyl (C=O) groups is 5. The average molecular weight is 318 g/mol. The number of carbonyl (C=O) groups excluding carboxylic acids is 5. The van der Waals surface area contributed by atoms with Crippen molar-refractivity contribution in [2.75, 3.05) is 6.61 Å². The van der Waals surface area contributed by atoms with Crippen LogP contribution in [0.4, 0.5) is 0 Å². The lowest BCUT2D eigenvalue weighted by Gasteiger charge is -2.42. The number of ketones is 4. The van der Waals surface area contributed by atoms with Crippen LogP contribution in [0.2, 0.25) is 0 Å². The van der Waals surface area contributed by atoms with E-state index in [-0.39, 0.29) is 0 Å². The summed E-state index contributed by atoms with van der Waals surface area (Å²) in [6.07, 6.45) is -2.35. The minimum Gasteiger partial charge on any atom is -0.439 e. The Balaban J connectivity index is 6.76. The molecule has 3 atom stereocenters. The molecule has 0 saturated carbocycles. The molecule has 0 fully saturated rings. The third-order valence-electron chi connectivity index (χ3n) is 3.16. The molecule has 0 rings (SSSR count). The molecule has 0 unspecified atom stereocenters. The highest BCUT2D eigenvalue weighted by atomic mass is 16.6. The van der Waals surface area contributed by atoms with Crippen LogP contribution in [0.1, 0.15) is 27.7 Å². The zero-order valence-corrected chi connectivity index (χ0v) is 12.6. The van der Waals surface area contributed by atoms with Gasteiger partial charge >= 0.3 is 5.97 Å². The number of ether oxygens (including phenoxy) is 1. The molecule has 0 radical (unpaired) electrons. The summed E-state index contributed by atoms with van der Waals surface area (Å²) in [4.78, 5) is 58.6. The van der Waals surface area contributed by atoms with Crippen LogP contribution in [0.3, 0.4) is 0 Å². The van der Waals surface area contributed by atoms with E-state index < -0.39 is 53.0 Å². The summed E-state index contributed by atoms with van der Waals surface area (Å²) < 4.78 is 4.57. The first-order valence-electron chi connectivity index (χ1n) is 6.17. The van der Waals surface area contributed by atoms with E-state index in [4.69, 9.17) is 5.11 Å². The molecule has 9 heteroatoms. The Hall–Kier alpha value is -1.97. The second kappa shape index (κ2) is 6.86. The Bertz CT molecular complexity index is 524. The average Bonchev–Trinajstić information content (AvgIpc) is 2.40. The largest absolute Gasteiger partial charge is 0.439 e. The van der Waals surface area contributed by atoms with Crippen molar-refractivity contribution >= 4 is 29.1 Å². The van der Waals surface area contributed by atoms with Crippen LogP contribution in [-0.4, -0.2) is 68.3 Å². The van der Waals surface area contributed by atoms with Crippen LogP contribution in [0.5, 0.6) is 0 Å². The van der Waals surface area contributed by atoms with E-state index in [1.807, 2.05) is 0 Å². The molecule has 0 aliphatic rings. The van der Waals surface area contributed by atoms with E-state index >= 15 is 0 Å². The minimum atomic E-state index is -3.32. The molecule has 0 aliphatic carbocycles. The third-order valence-corrected chi connectivity index (χ3v) is 3.16. The summed E-state index contributed by atoms with van der Waals surface area (Å²) in [5, 5.41) is 29.2. The number of rotatable bonds is 8. The minimum absolute atomic E-state index is 0.696. The SMILES string of the molecule is CC(=O)O[C@](C(C)=O)(C(=O)C(C)=O)[C@](O)(C(C)=O)[C@@H](O)CO. The first-order valence-corrected chi connectivity index (χ1v) is 6.17. The number of hydrogen-bond acceptors (Lipinski definition) is 9. The fourth-order valence-electron chi connectivity index (χ4n) is 2.11. The first-order chi connectivity index (χ1) is 9.89. The van der Waals surface area contributed by atoms with Crippen LogP contribution in [0.15, 0.2) is 0 Å². The maximum atomic E-state index is 12.2. The maximum absolute atomic E-state index is 12.2. The highest BCUT2D eigenvalue weighted by molar-refractivity contribution is 6.45. The molecular weight excluding hydrogens is 300 g/mol. The summed E-state index contributed by atoms with van der Waals surface area (Å²) in [6.45, 7) is 1.67. The monoisotopic (exact) mass is 318 g/mol. The van der Waals surface area contributed by atoms with Crippen molar-refractivity contribution in [3.63, 3.8) is 0 Å². The number of Topliss-reactive ketones (excluding diaryl/α,β-unsaturated/α-hetero) is 4. The molecule has 0 aromatic rings. The molecule has 0 aromatic carbocycles. The molecule has 22 heavy (non-hydrogen) atoms. The number of esters is 1. The molecule has 0 saturated heterocycles. The van der Waals surface area contributed by atoms with Gasteiger partial charge in [-0.25, -0.2) is 0 Å². The lowest BCUT2D eigenvalue weighted by atomic mass is 9.70. The summed E-state index contributed by atoms with van der Waals surface area (Å²) in [5.74, 6) is -6.94. The predicted octanol–water partition coefficient (Wildman–Crippen LogP) is -2.29. The van der Waals surface area contributed by atoms with Crippen molar-refractivity contribution in [1.29, 1.82) is 0 Å². The van der Waals surface area contributed by atoms with Crippen molar-refractivity contribution in [1.82, 2.24) is 0 Å². The zero-order chi connectivity index (χ0) is 17.9. The quantitative estimate of drug-likeness (QED) is 0.254. The van der Waals surface area contributed by atoms with E-state index in [1.165, 1.54) is 0 Å². The maximum Gasteiger partial charge on any atom is 0.304 e. The van der Waals surface area contributed by atoms with Crippen LogP contribution in [-0.2, 0) is 28.7 Å². The highest BCUT2D eigenvalue weighted by Crippen LogP contribution is 2.34. The van der Waals surface area contributed by atoms with Gasteiger partial charge in [0.1, 0.15) is 6.10 Å². The van der Waals surface area contributed by atoms with Gasteiger partial charge in [0.05, 0.1) is 6.61 Å². The fraction of sp³-hybridized carbons (Fsp3) is 0.615. The standard InChI is InChI=1S/C13H18O9/c1-6(15)11(20)13(8(3)17,22-9(4)18)12(21,7(2)16)10(19)5-14/h10,14,19,21H,5H2,1-4H3/t10-,12-,13+/m0/s1.